The van der Waals surface area contributed by atoms with Gasteiger partial charge in [-0.2, -0.15) is 5.10 Å². The Bertz CT molecular complexity index is 423. The minimum absolute atomic E-state index is 0.192. The molecule has 0 fully saturated rings. The van der Waals surface area contributed by atoms with Crippen LogP contribution in [0.15, 0.2) is 30.6 Å². The van der Waals surface area contributed by atoms with Crippen LogP contribution in [-0.4, -0.2) is 10.2 Å². The molecule has 2 rings (SSSR count). The molecular formula is C10H10FN3. The van der Waals surface area contributed by atoms with Crippen molar-refractivity contribution in [2.75, 3.05) is 5.32 Å². The van der Waals surface area contributed by atoms with Gasteiger partial charge in [0.2, 0.25) is 0 Å². The Balaban J connectivity index is 2.22. The molecule has 2 aromatic rings. The van der Waals surface area contributed by atoms with Crippen LogP contribution in [0.2, 0.25) is 0 Å². The Hall–Kier alpha value is -1.84. The quantitative estimate of drug-likeness (QED) is 0.766. The summed E-state index contributed by atoms with van der Waals surface area (Å²) < 4.78 is 12.9. The number of anilines is 2. The Morgan fingerprint density at radius 2 is 2.21 bits per heavy atom. The number of nitrogens with one attached hydrogen (secondary N) is 2. The first-order chi connectivity index (χ1) is 6.75. The number of aryl methyl sites for hydroxylation is 1. The van der Waals surface area contributed by atoms with Gasteiger partial charge >= 0.3 is 0 Å². The first kappa shape index (κ1) is 8.74. The maximum absolute atomic E-state index is 12.9. The molecule has 1 aromatic carbocycles. The summed E-state index contributed by atoms with van der Waals surface area (Å²) in [5.74, 6) is -0.192. The van der Waals surface area contributed by atoms with Crippen LogP contribution in [0.25, 0.3) is 0 Å². The SMILES string of the molecule is Cc1cc(Nc2cn[nH]c2)ccc1F. The second-order valence-electron chi connectivity index (χ2n) is 3.08. The summed E-state index contributed by atoms with van der Waals surface area (Å²) in [5, 5.41) is 9.58. The molecule has 0 aliphatic carbocycles. The van der Waals surface area contributed by atoms with Crippen LogP contribution in [0.4, 0.5) is 15.8 Å². The fraction of sp³-hybridized carbons (Fsp3) is 0.100. The van der Waals surface area contributed by atoms with Crippen molar-refractivity contribution in [1.82, 2.24) is 10.2 Å². The molecular weight excluding hydrogens is 181 g/mol. The Morgan fingerprint density at radius 3 is 2.86 bits per heavy atom. The number of halogens is 1. The molecule has 1 aromatic heterocycles. The van der Waals surface area contributed by atoms with Crippen molar-refractivity contribution in [3.8, 4) is 0 Å². The second-order valence-corrected chi connectivity index (χ2v) is 3.08. The number of hydrogen-bond donors (Lipinski definition) is 2. The van der Waals surface area contributed by atoms with Gasteiger partial charge in [0.15, 0.2) is 0 Å². The molecule has 0 saturated carbocycles. The minimum atomic E-state index is -0.192. The molecule has 4 heteroatoms. The topological polar surface area (TPSA) is 40.7 Å². The Morgan fingerprint density at radius 1 is 1.36 bits per heavy atom. The van der Waals surface area contributed by atoms with E-state index in [0.29, 0.717) is 5.56 Å². The van der Waals surface area contributed by atoms with E-state index in [1.807, 2.05) is 0 Å². The van der Waals surface area contributed by atoms with Crippen LogP contribution in [0.3, 0.4) is 0 Å². The molecule has 0 spiro atoms. The van der Waals surface area contributed by atoms with E-state index in [9.17, 15) is 4.39 Å². The smallest absolute Gasteiger partial charge is 0.126 e. The zero-order chi connectivity index (χ0) is 9.97. The summed E-state index contributed by atoms with van der Waals surface area (Å²) in [6, 6.07) is 4.88. The monoisotopic (exact) mass is 191 g/mol. The number of H-pyrrole nitrogens is 1. The van der Waals surface area contributed by atoms with E-state index in [1.54, 1.807) is 31.5 Å². The van der Waals surface area contributed by atoms with Crippen LogP contribution in [0.5, 0.6) is 0 Å². The third kappa shape index (κ3) is 1.74. The van der Waals surface area contributed by atoms with Crippen molar-refractivity contribution in [1.29, 1.82) is 0 Å². The van der Waals surface area contributed by atoms with E-state index < -0.39 is 0 Å². The standard InChI is InChI=1S/C10H10FN3/c1-7-4-8(2-3-10(7)11)14-9-5-12-13-6-9/h2-6,14H,1H3,(H,12,13). The predicted octanol–water partition coefficient (Wildman–Crippen LogP) is 2.60. The molecule has 14 heavy (non-hydrogen) atoms. The zero-order valence-corrected chi connectivity index (χ0v) is 7.71. The lowest BCUT2D eigenvalue weighted by Crippen LogP contribution is -1.90. The second kappa shape index (κ2) is 3.49. The molecule has 0 amide bonds. The molecule has 1 heterocycles. The van der Waals surface area contributed by atoms with Gasteiger partial charge in [-0.15, -0.1) is 0 Å². The molecule has 0 unspecified atom stereocenters. The average molecular weight is 191 g/mol. The molecule has 3 nitrogen and oxygen atoms in total. The van der Waals surface area contributed by atoms with Gasteiger partial charge in [-0.1, -0.05) is 0 Å². The number of nitrogens with zero attached hydrogens (tertiary/aromatic N) is 1. The van der Waals surface area contributed by atoms with E-state index >= 15 is 0 Å². The molecule has 72 valence electrons. The van der Waals surface area contributed by atoms with Crippen LogP contribution in [0, 0.1) is 12.7 Å². The van der Waals surface area contributed by atoms with Gasteiger partial charge in [0.25, 0.3) is 0 Å². The largest absolute Gasteiger partial charge is 0.353 e. The lowest BCUT2D eigenvalue weighted by molar-refractivity contribution is 0.619. The first-order valence-electron chi connectivity index (χ1n) is 4.27. The summed E-state index contributed by atoms with van der Waals surface area (Å²) in [7, 11) is 0. The highest BCUT2D eigenvalue weighted by molar-refractivity contribution is 5.58. The first-order valence-corrected chi connectivity index (χ1v) is 4.27. The molecule has 0 atom stereocenters. The van der Waals surface area contributed by atoms with Crippen molar-refractivity contribution >= 4 is 11.4 Å². The molecule has 0 bridgehead atoms. The predicted molar refractivity (Wildman–Crippen MR) is 53.0 cm³/mol. The number of benzene rings is 1. The van der Waals surface area contributed by atoms with Gasteiger partial charge in [0.05, 0.1) is 11.9 Å². The van der Waals surface area contributed by atoms with Gasteiger partial charge in [-0.3, -0.25) is 5.10 Å². The number of aromatic amines is 1. The Labute approximate surface area is 81.0 Å². The van der Waals surface area contributed by atoms with E-state index in [1.165, 1.54) is 6.07 Å². The number of aromatic nitrogens is 2. The van der Waals surface area contributed by atoms with Crippen LogP contribution in [0.1, 0.15) is 5.56 Å². The van der Waals surface area contributed by atoms with Crippen molar-refractivity contribution in [2.45, 2.75) is 6.92 Å². The van der Waals surface area contributed by atoms with Crippen molar-refractivity contribution < 1.29 is 4.39 Å². The molecule has 0 saturated heterocycles. The average Bonchev–Trinajstić information content (AvgIpc) is 2.64. The molecule has 0 radical (unpaired) electrons. The van der Waals surface area contributed by atoms with Crippen molar-refractivity contribution in [3.05, 3.63) is 42.0 Å². The third-order valence-corrected chi connectivity index (χ3v) is 1.94. The van der Waals surface area contributed by atoms with Crippen LogP contribution >= 0.6 is 0 Å². The summed E-state index contributed by atoms with van der Waals surface area (Å²) in [4.78, 5) is 0. The fourth-order valence-corrected chi connectivity index (χ4v) is 1.21. The number of rotatable bonds is 2. The van der Waals surface area contributed by atoms with Gasteiger partial charge in [-0.25, -0.2) is 4.39 Å². The van der Waals surface area contributed by atoms with Crippen LogP contribution < -0.4 is 5.32 Å². The Kier molecular flexibility index (Phi) is 2.18. The van der Waals surface area contributed by atoms with Gasteiger partial charge in [0.1, 0.15) is 5.82 Å². The summed E-state index contributed by atoms with van der Waals surface area (Å²) in [6.45, 7) is 1.73. The normalized spacial score (nSPS) is 10.1. The molecule has 2 N–H and O–H groups in total. The van der Waals surface area contributed by atoms with E-state index in [2.05, 4.69) is 15.5 Å². The van der Waals surface area contributed by atoms with E-state index in [0.717, 1.165) is 11.4 Å². The van der Waals surface area contributed by atoms with Crippen LogP contribution in [-0.2, 0) is 0 Å². The highest BCUT2D eigenvalue weighted by atomic mass is 19.1. The fourth-order valence-electron chi connectivity index (χ4n) is 1.21. The zero-order valence-electron chi connectivity index (χ0n) is 7.71. The summed E-state index contributed by atoms with van der Waals surface area (Å²) in [6.07, 6.45) is 3.40. The van der Waals surface area contributed by atoms with Gasteiger partial charge in [-0.05, 0) is 30.7 Å². The van der Waals surface area contributed by atoms with Crippen molar-refractivity contribution in [3.63, 3.8) is 0 Å². The van der Waals surface area contributed by atoms with Gasteiger partial charge < -0.3 is 5.32 Å². The summed E-state index contributed by atoms with van der Waals surface area (Å²) >= 11 is 0. The molecule has 0 aliphatic heterocycles. The highest BCUT2D eigenvalue weighted by Crippen LogP contribution is 2.17. The lowest BCUT2D eigenvalue weighted by Gasteiger charge is -2.04. The highest BCUT2D eigenvalue weighted by Gasteiger charge is 1.99. The van der Waals surface area contributed by atoms with E-state index in [4.69, 9.17) is 0 Å². The van der Waals surface area contributed by atoms with Crippen molar-refractivity contribution in [2.24, 2.45) is 0 Å². The third-order valence-electron chi connectivity index (χ3n) is 1.94. The minimum Gasteiger partial charge on any atom is -0.353 e. The summed E-state index contributed by atoms with van der Waals surface area (Å²) in [5.41, 5.74) is 2.33. The maximum atomic E-state index is 12.9. The van der Waals surface area contributed by atoms with E-state index in [-0.39, 0.29) is 5.82 Å². The lowest BCUT2D eigenvalue weighted by atomic mass is 10.2. The van der Waals surface area contributed by atoms with Gasteiger partial charge in [0, 0.05) is 11.9 Å². The maximum Gasteiger partial charge on any atom is 0.126 e. The molecule has 0 aliphatic rings. The number of hydrogen-bond acceptors (Lipinski definition) is 2.